The van der Waals surface area contributed by atoms with Crippen LogP contribution in [0.25, 0.3) is 0 Å². The number of thiophene rings is 1. The van der Waals surface area contributed by atoms with Gasteiger partial charge in [-0.15, -0.1) is 17.9 Å². The molecule has 0 unspecified atom stereocenters. The summed E-state index contributed by atoms with van der Waals surface area (Å²) < 4.78 is 0. The Kier molecular flexibility index (Phi) is 6.19. The van der Waals surface area contributed by atoms with Crippen LogP contribution in [0.4, 0.5) is 0 Å². The molecule has 4 heteroatoms. The molecule has 0 saturated carbocycles. The van der Waals surface area contributed by atoms with Gasteiger partial charge in [0.2, 0.25) is 5.91 Å². The van der Waals surface area contributed by atoms with Gasteiger partial charge >= 0.3 is 0 Å². The Morgan fingerprint density at radius 1 is 1.24 bits per heavy atom. The molecule has 1 heterocycles. The standard InChI is InChI=1S/C17H20N2OS/c1-2-10-19(13-16-9-6-11-21-16)14-17(20)18-12-15-7-4-3-5-8-15/h2-9,11H,1,10,12-14H2,(H,18,20). The molecule has 0 fully saturated rings. The van der Waals surface area contributed by atoms with E-state index in [1.54, 1.807) is 11.3 Å². The lowest BCUT2D eigenvalue weighted by Gasteiger charge is -2.19. The van der Waals surface area contributed by atoms with Crippen molar-refractivity contribution >= 4 is 17.2 Å². The molecule has 0 atom stereocenters. The SMILES string of the molecule is C=CCN(CC(=O)NCc1ccccc1)Cc1cccs1. The van der Waals surface area contributed by atoms with Crippen molar-refractivity contribution in [2.45, 2.75) is 13.1 Å². The third kappa shape index (κ3) is 5.53. The number of carbonyl (C=O) groups is 1. The smallest absolute Gasteiger partial charge is 0.234 e. The normalized spacial score (nSPS) is 10.5. The van der Waals surface area contributed by atoms with E-state index in [0.29, 0.717) is 19.6 Å². The summed E-state index contributed by atoms with van der Waals surface area (Å²) in [6.07, 6.45) is 1.83. The van der Waals surface area contributed by atoms with Crippen LogP contribution in [0, 0.1) is 0 Å². The molecule has 1 aromatic carbocycles. The zero-order valence-corrected chi connectivity index (χ0v) is 12.8. The molecule has 0 saturated heterocycles. The Bertz CT molecular complexity index is 551. The summed E-state index contributed by atoms with van der Waals surface area (Å²) in [7, 11) is 0. The average molecular weight is 300 g/mol. The highest BCUT2D eigenvalue weighted by molar-refractivity contribution is 7.09. The maximum atomic E-state index is 12.0. The van der Waals surface area contributed by atoms with Gasteiger partial charge in [-0.2, -0.15) is 0 Å². The van der Waals surface area contributed by atoms with Gasteiger partial charge in [-0.1, -0.05) is 42.5 Å². The van der Waals surface area contributed by atoms with E-state index in [1.807, 2.05) is 42.5 Å². The summed E-state index contributed by atoms with van der Waals surface area (Å²) in [5.41, 5.74) is 1.11. The van der Waals surface area contributed by atoms with Crippen LogP contribution in [0.15, 0.2) is 60.5 Å². The first kappa shape index (κ1) is 15.5. The first-order valence-electron chi connectivity index (χ1n) is 6.94. The number of benzene rings is 1. The molecule has 0 aliphatic rings. The largest absolute Gasteiger partial charge is 0.351 e. The van der Waals surface area contributed by atoms with Crippen molar-refractivity contribution in [2.75, 3.05) is 13.1 Å². The van der Waals surface area contributed by atoms with E-state index in [4.69, 9.17) is 0 Å². The predicted octanol–water partition coefficient (Wildman–Crippen LogP) is 3.05. The van der Waals surface area contributed by atoms with E-state index >= 15 is 0 Å². The van der Waals surface area contributed by atoms with Crippen LogP contribution >= 0.6 is 11.3 Å². The van der Waals surface area contributed by atoms with Gasteiger partial charge in [-0.25, -0.2) is 0 Å². The third-order valence-electron chi connectivity index (χ3n) is 3.05. The Hall–Kier alpha value is -1.91. The molecule has 21 heavy (non-hydrogen) atoms. The number of nitrogens with one attached hydrogen (secondary N) is 1. The molecule has 0 aliphatic heterocycles. The van der Waals surface area contributed by atoms with Crippen molar-refractivity contribution in [1.82, 2.24) is 10.2 Å². The number of amides is 1. The summed E-state index contributed by atoms with van der Waals surface area (Å²) in [4.78, 5) is 15.4. The minimum Gasteiger partial charge on any atom is -0.351 e. The van der Waals surface area contributed by atoms with Crippen molar-refractivity contribution in [3.8, 4) is 0 Å². The van der Waals surface area contributed by atoms with Crippen LogP contribution in [-0.4, -0.2) is 23.9 Å². The lowest BCUT2D eigenvalue weighted by atomic mass is 10.2. The van der Waals surface area contributed by atoms with Gasteiger partial charge in [-0.05, 0) is 17.0 Å². The molecule has 110 valence electrons. The fourth-order valence-corrected chi connectivity index (χ4v) is 2.79. The Morgan fingerprint density at radius 3 is 2.71 bits per heavy atom. The summed E-state index contributed by atoms with van der Waals surface area (Å²) in [5, 5.41) is 5.01. The fraction of sp³-hybridized carbons (Fsp3) is 0.235. The highest BCUT2D eigenvalue weighted by atomic mass is 32.1. The van der Waals surface area contributed by atoms with E-state index in [2.05, 4.69) is 28.2 Å². The van der Waals surface area contributed by atoms with Gasteiger partial charge in [0.05, 0.1) is 6.54 Å². The molecule has 0 spiro atoms. The van der Waals surface area contributed by atoms with E-state index in [-0.39, 0.29) is 5.91 Å². The molecule has 2 aromatic rings. The highest BCUT2D eigenvalue weighted by Gasteiger charge is 2.10. The molecule has 1 amide bonds. The monoisotopic (exact) mass is 300 g/mol. The Balaban J connectivity index is 1.81. The first-order chi connectivity index (χ1) is 10.3. The third-order valence-corrected chi connectivity index (χ3v) is 3.91. The Labute approximate surface area is 129 Å². The topological polar surface area (TPSA) is 32.3 Å². The molecule has 0 bridgehead atoms. The zero-order valence-electron chi connectivity index (χ0n) is 12.0. The minimum absolute atomic E-state index is 0.0391. The Morgan fingerprint density at radius 2 is 2.05 bits per heavy atom. The van der Waals surface area contributed by atoms with Crippen molar-refractivity contribution in [3.05, 3.63) is 70.9 Å². The van der Waals surface area contributed by atoms with Crippen LogP contribution in [0.2, 0.25) is 0 Å². The van der Waals surface area contributed by atoms with Gasteiger partial charge in [0.1, 0.15) is 0 Å². The maximum Gasteiger partial charge on any atom is 0.234 e. The number of rotatable bonds is 8. The fourth-order valence-electron chi connectivity index (χ4n) is 2.05. The zero-order chi connectivity index (χ0) is 14.9. The predicted molar refractivity (Wildman–Crippen MR) is 88.1 cm³/mol. The van der Waals surface area contributed by atoms with E-state index in [9.17, 15) is 4.79 Å². The van der Waals surface area contributed by atoms with Crippen molar-refractivity contribution < 1.29 is 4.79 Å². The molecule has 2 rings (SSSR count). The average Bonchev–Trinajstić information content (AvgIpc) is 2.99. The summed E-state index contributed by atoms with van der Waals surface area (Å²) in [6, 6.07) is 14.0. The van der Waals surface area contributed by atoms with Crippen LogP contribution in [0.3, 0.4) is 0 Å². The lowest BCUT2D eigenvalue weighted by Crippen LogP contribution is -2.36. The summed E-state index contributed by atoms with van der Waals surface area (Å²) >= 11 is 1.71. The molecule has 0 aliphatic carbocycles. The van der Waals surface area contributed by atoms with Crippen LogP contribution in [-0.2, 0) is 17.9 Å². The van der Waals surface area contributed by atoms with Crippen molar-refractivity contribution in [1.29, 1.82) is 0 Å². The first-order valence-corrected chi connectivity index (χ1v) is 7.82. The van der Waals surface area contributed by atoms with Crippen LogP contribution < -0.4 is 5.32 Å². The summed E-state index contributed by atoms with van der Waals surface area (Å²) in [6.45, 7) is 6.20. The number of nitrogens with zero attached hydrogens (tertiary/aromatic N) is 1. The number of hydrogen-bond donors (Lipinski definition) is 1. The van der Waals surface area contributed by atoms with Gasteiger partial charge in [0.15, 0.2) is 0 Å². The van der Waals surface area contributed by atoms with E-state index in [1.165, 1.54) is 4.88 Å². The van der Waals surface area contributed by atoms with Crippen molar-refractivity contribution in [2.24, 2.45) is 0 Å². The van der Waals surface area contributed by atoms with Gasteiger partial charge in [-0.3, -0.25) is 9.69 Å². The molecule has 1 N–H and O–H groups in total. The van der Waals surface area contributed by atoms with Crippen LogP contribution in [0.1, 0.15) is 10.4 Å². The highest BCUT2D eigenvalue weighted by Crippen LogP contribution is 2.11. The van der Waals surface area contributed by atoms with Crippen molar-refractivity contribution in [3.63, 3.8) is 0 Å². The van der Waals surface area contributed by atoms with Crippen LogP contribution in [0.5, 0.6) is 0 Å². The molecular weight excluding hydrogens is 280 g/mol. The molecule has 3 nitrogen and oxygen atoms in total. The van der Waals surface area contributed by atoms with E-state index in [0.717, 1.165) is 12.1 Å². The van der Waals surface area contributed by atoms with E-state index < -0.39 is 0 Å². The maximum absolute atomic E-state index is 12.0. The minimum atomic E-state index is 0.0391. The quantitative estimate of drug-likeness (QED) is 0.760. The molecule has 0 radical (unpaired) electrons. The molecular formula is C17H20N2OS. The summed E-state index contributed by atoms with van der Waals surface area (Å²) in [5.74, 6) is 0.0391. The second-order valence-corrected chi connectivity index (χ2v) is 5.83. The number of hydrogen-bond acceptors (Lipinski definition) is 3. The van der Waals surface area contributed by atoms with Gasteiger partial charge < -0.3 is 5.32 Å². The number of carbonyl (C=O) groups excluding carboxylic acids is 1. The lowest BCUT2D eigenvalue weighted by molar-refractivity contribution is -0.122. The van der Waals surface area contributed by atoms with Gasteiger partial charge in [0, 0.05) is 24.5 Å². The second kappa shape index (κ2) is 8.39. The second-order valence-electron chi connectivity index (χ2n) is 4.80. The molecule has 1 aromatic heterocycles. The van der Waals surface area contributed by atoms with Gasteiger partial charge in [0.25, 0.3) is 0 Å².